The summed E-state index contributed by atoms with van der Waals surface area (Å²) < 4.78 is 1.07. The van der Waals surface area contributed by atoms with Gasteiger partial charge in [0.25, 0.3) is 5.91 Å². The van der Waals surface area contributed by atoms with Gasteiger partial charge in [0.15, 0.2) is 0 Å². The van der Waals surface area contributed by atoms with Crippen molar-refractivity contribution in [3.63, 3.8) is 0 Å². The van der Waals surface area contributed by atoms with Crippen molar-refractivity contribution in [3.8, 4) is 0 Å². The van der Waals surface area contributed by atoms with E-state index in [1.54, 1.807) is 24.4 Å². The normalized spacial score (nSPS) is 11.9. The maximum absolute atomic E-state index is 12.6. The lowest BCUT2D eigenvalue weighted by atomic mass is 10.0. The zero-order valence-electron chi connectivity index (χ0n) is 13.1. The van der Waals surface area contributed by atoms with E-state index >= 15 is 0 Å². The molecule has 0 saturated carbocycles. The van der Waals surface area contributed by atoms with Crippen LogP contribution in [0.2, 0.25) is 0 Å². The minimum absolute atomic E-state index is 0.218. The molecule has 0 bridgehead atoms. The summed E-state index contributed by atoms with van der Waals surface area (Å²) in [5.74, 6) is -1.51. The Labute approximate surface area is 158 Å². The van der Waals surface area contributed by atoms with Crippen molar-refractivity contribution in [1.29, 1.82) is 0 Å². The number of fused-ring (bicyclic) bond motifs is 1. The van der Waals surface area contributed by atoms with Gasteiger partial charge in [0, 0.05) is 21.6 Å². The molecular formula is C19H15IN2O3. The zero-order valence-corrected chi connectivity index (χ0v) is 15.3. The number of amides is 1. The number of aliphatic carboxylic acids is 1. The molecule has 0 aliphatic heterocycles. The predicted molar refractivity (Wildman–Crippen MR) is 103 cm³/mol. The van der Waals surface area contributed by atoms with Gasteiger partial charge in [-0.2, -0.15) is 0 Å². The van der Waals surface area contributed by atoms with Crippen LogP contribution in [0.25, 0.3) is 10.9 Å². The maximum Gasteiger partial charge on any atom is 0.326 e. The van der Waals surface area contributed by atoms with Gasteiger partial charge < -0.3 is 10.4 Å². The van der Waals surface area contributed by atoms with Crippen LogP contribution in [0.3, 0.4) is 0 Å². The first kappa shape index (κ1) is 17.3. The van der Waals surface area contributed by atoms with Crippen molar-refractivity contribution in [2.75, 3.05) is 0 Å². The molecule has 126 valence electrons. The maximum atomic E-state index is 12.6. The highest BCUT2D eigenvalue weighted by Crippen LogP contribution is 2.16. The fraction of sp³-hybridized carbons (Fsp3) is 0.105. The molecule has 5 nitrogen and oxygen atoms in total. The Hall–Kier alpha value is -2.48. The molecule has 0 aliphatic carbocycles. The molecule has 2 N–H and O–H groups in total. The summed E-state index contributed by atoms with van der Waals surface area (Å²) in [7, 11) is 0. The summed E-state index contributed by atoms with van der Waals surface area (Å²) in [4.78, 5) is 28.4. The number of nitrogens with zero attached hydrogens (tertiary/aromatic N) is 1. The largest absolute Gasteiger partial charge is 0.480 e. The molecule has 2 aromatic carbocycles. The number of hydrogen-bond acceptors (Lipinski definition) is 3. The second-order valence-electron chi connectivity index (χ2n) is 5.58. The van der Waals surface area contributed by atoms with E-state index in [1.807, 2.05) is 36.4 Å². The third-order valence-electron chi connectivity index (χ3n) is 3.83. The van der Waals surface area contributed by atoms with Crippen LogP contribution in [-0.4, -0.2) is 28.0 Å². The lowest BCUT2D eigenvalue weighted by molar-refractivity contribution is -0.139. The first-order valence-corrected chi connectivity index (χ1v) is 8.74. The summed E-state index contributed by atoms with van der Waals surface area (Å²) in [5, 5.41) is 12.9. The summed E-state index contributed by atoms with van der Waals surface area (Å²) in [5.41, 5.74) is 1.78. The molecule has 0 saturated heterocycles. The lowest BCUT2D eigenvalue weighted by Gasteiger charge is -2.15. The molecule has 0 radical (unpaired) electrons. The zero-order chi connectivity index (χ0) is 17.8. The molecule has 1 heterocycles. The van der Waals surface area contributed by atoms with Crippen LogP contribution in [0.4, 0.5) is 0 Å². The van der Waals surface area contributed by atoms with Crippen LogP contribution < -0.4 is 5.32 Å². The van der Waals surface area contributed by atoms with Gasteiger partial charge >= 0.3 is 5.97 Å². The summed E-state index contributed by atoms with van der Waals surface area (Å²) in [6, 6.07) is 15.5. The number of carbonyl (C=O) groups excluding carboxylic acids is 1. The van der Waals surface area contributed by atoms with Gasteiger partial charge in [-0.15, -0.1) is 0 Å². The number of para-hydroxylation sites is 1. The van der Waals surface area contributed by atoms with Crippen LogP contribution in [0.1, 0.15) is 15.9 Å². The Morgan fingerprint density at radius 2 is 1.80 bits per heavy atom. The minimum Gasteiger partial charge on any atom is -0.480 e. The number of hydrogen-bond donors (Lipinski definition) is 2. The molecule has 0 unspecified atom stereocenters. The van der Waals surface area contributed by atoms with E-state index in [2.05, 4.69) is 32.9 Å². The molecule has 0 aliphatic rings. The SMILES string of the molecule is O=C(N[C@H](Cc1ccc(I)cc1)C(=O)O)c1cccc2cccnc12. The van der Waals surface area contributed by atoms with E-state index in [4.69, 9.17) is 0 Å². The van der Waals surface area contributed by atoms with Crippen molar-refractivity contribution in [2.24, 2.45) is 0 Å². The quantitative estimate of drug-likeness (QED) is 0.590. The molecule has 3 rings (SSSR count). The number of halogens is 1. The Kier molecular flexibility index (Phi) is 5.28. The van der Waals surface area contributed by atoms with Crippen LogP contribution >= 0.6 is 22.6 Å². The Morgan fingerprint density at radius 1 is 1.08 bits per heavy atom. The number of pyridine rings is 1. The molecule has 0 fully saturated rings. The molecule has 1 aromatic heterocycles. The fourth-order valence-electron chi connectivity index (χ4n) is 2.58. The van der Waals surface area contributed by atoms with Crippen LogP contribution in [0.15, 0.2) is 60.8 Å². The average molecular weight is 446 g/mol. The van der Waals surface area contributed by atoms with Crippen LogP contribution in [0.5, 0.6) is 0 Å². The van der Waals surface area contributed by atoms with Crippen molar-refractivity contribution in [3.05, 3.63) is 75.5 Å². The summed E-state index contributed by atoms with van der Waals surface area (Å²) in [6.07, 6.45) is 1.83. The predicted octanol–water partition coefficient (Wildman–Crippen LogP) is 3.27. The molecule has 3 aromatic rings. The molecule has 0 spiro atoms. The van der Waals surface area contributed by atoms with Gasteiger partial charge in [-0.05, 0) is 52.4 Å². The Morgan fingerprint density at radius 3 is 2.52 bits per heavy atom. The van der Waals surface area contributed by atoms with E-state index in [-0.39, 0.29) is 6.42 Å². The van der Waals surface area contributed by atoms with Crippen molar-refractivity contribution < 1.29 is 14.7 Å². The standard InChI is InChI=1S/C19H15IN2O3/c20-14-8-6-12(7-9-14)11-16(19(24)25)22-18(23)15-5-1-3-13-4-2-10-21-17(13)15/h1-10,16H,11H2,(H,22,23)(H,24,25)/t16-/m1/s1. The first-order chi connectivity index (χ1) is 12.0. The number of nitrogens with one attached hydrogen (secondary N) is 1. The second-order valence-corrected chi connectivity index (χ2v) is 6.82. The van der Waals surface area contributed by atoms with Gasteiger partial charge in [-0.1, -0.05) is 30.3 Å². The van der Waals surface area contributed by atoms with Crippen LogP contribution in [0, 0.1) is 3.57 Å². The second kappa shape index (κ2) is 7.60. The van der Waals surface area contributed by atoms with E-state index in [1.165, 1.54) is 0 Å². The van der Waals surface area contributed by atoms with Gasteiger partial charge in [0.1, 0.15) is 6.04 Å². The van der Waals surface area contributed by atoms with E-state index in [9.17, 15) is 14.7 Å². The minimum atomic E-state index is -1.07. The Bertz CT molecular complexity index is 920. The first-order valence-electron chi connectivity index (χ1n) is 7.66. The summed E-state index contributed by atoms with van der Waals surface area (Å²) in [6.45, 7) is 0. The molecule has 6 heteroatoms. The van der Waals surface area contributed by atoms with Gasteiger partial charge in [-0.3, -0.25) is 9.78 Å². The highest BCUT2D eigenvalue weighted by Gasteiger charge is 2.22. The highest BCUT2D eigenvalue weighted by atomic mass is 127. The third-order valence-corrected chi connectivity index (χ3v) is 4.55. The van der Waals surface area contributed by atoms with Crippen molar-refractivity contribution in [1.82, 2.24) is 10.3 Å². The van der Waals surface area contributed by atoms with Gasteiger partial charge in [-0.25, -0.2) is 4.79 Å². The van der Waals surface area contributed by atoms with Crippen molar-refractivity contribution in [2.45, 2.75) is 12.5 Å². The van der Waals surface area contributed by atoms with E-state index < -0.39 is 17.9 Å². The van der Waals surface area contributed by atoms with Gasteiger partial charge in [0.2, 0.25) is 0 Å². The van der Waals surface area contributed by atoms with Crippen molar-refractivity contribution >= 4 is 45.4 Å². The van der Waals surface area contributed by atoms with E-state index in [0.29, 0.717) is 11.1 Å². The molecular weight excluding hydrogens is 431 g/mol. The van der Waals surface area contributed by atoms with E-state index in [0.717, 1.165) is 14.5 Å². The molecule has 1 amide bonds. The average Bonchev–Trinajstić information content (AvgIpc) is 2.62. The number of benzene rings is 2. The fourth-order valence-corrected chi connectivity index (χ4v) is 2.94. The monoisotopic (exact) mass is 446 g/mol. The summed E-state index contributed by atoms with van der Waals surface area (Å²) >= 11 is 2.19. The smallest absolute Gasteiger partial charge is 0.326 e. The number of carbonyl (C=O) groups is 2. The third kappa shape index (κ3) is 4.14. The highest BCUT2D eigenvalue weighted by molar-refractivity contribution is 14.1. The van der Waals surface area contributed by atoms with Gasteiger partial charge in [0.05, 0.1) is 11.1 Å². The number of carboxylic acids is 1. The topological polar surface area (TPSA) is 79.3 Å². The Balaban J connectivity index is 1.83. The molecule has 25 heavy (non-hydrogen) atoms. The molecule has 1 atom stereocenters. The number of carboxylic acid groups (broad SMARTS) is 1. The van der Waals surface area contributed by atoms with Crippen LogP contribution in [-0.2, 0) is 11.2 Å². The number of aromatic nitrogens is 1. The lowest BCUT2D eigenvalue weighted by Crippen LogP contribution is -2.42. The number of rotatable bonds is 5.